The number of rotatable bonds is 2. The Morgan fingerprint density at radius 3 is 2.42 bits per heavy atom. The Labute approximate surface area is 78.1 Å². The van der Waals surface area contributed by atoms with E-state index in [1.54, 1.807) is 4.90 Å². The SMILES string of the molecule is Cl.N[C@@H](CO)C(=O)N1CCCC1. The number of hydrogen-bond donors (Lipinski definition) is 2. The summed E-state index contributed by atoms with van der Waals surface area (Å²) in [5.41, 5.74) is 5.36. The van der Waals surface area contributed by atoms with Crippen molar-refractivity contribution >= 4 is 18.3 Å². The standard InChI is InChI=1S/C7H14N2O2.ClH/c8-6(5-10)7(11)9-3-1-2-4-9;/h6,10H,1-5,8H2;1H/t6-;/m0./s1. The molecule has 1 fully saturated rings. The van der Waals surface area contributed by atoms with Crippen LogP contribution in [-0.2, 0) is 4.79 Å². The molecule has 1 aliphatic rings. The smallest absolute Gasteiger partial charge is 0.241 e. The average Bonchev–Trinajstić information content (AvgIpc) is 2.53. The normalized spacial score (nSPS) is 18.7. The van der Waals surface area contributed by atoms with Crippen molar-refractivity contribution in [3.8, 4) is 0 Å². The maximum atomic E-state index is 11.2. The fourth-order valence-electron chi connectivity index (χ4n) is 1.25. The number of nitrogens with zero attached hydrogens (tertiary/aromatic N) is 1. The van der Waals surface area contributed by atoms with Crippen molar-refractivity contribution in [2.75, 3.05) is 19.7 Å². The maximum Gasteiger partial charge on any atom is 0.241 e. The van der Waals surface area contributed by atoms with Crippen molar-refractivity contribution in [2.24, 2.45) is 5.73 Å². The molecule has 0 aromatic carbocycles. The molecule has 1 rings (SSSR count). The minimum atomic E-state index is -0.715. The van der Waals surface area contributed by atoms with Gasteiger partial charge in [-0.15, -0.1) is 12.4 Å². The number of aliphatic hydroxyl groups is 1. The lowest BCUT2D eigenvalue weighted by atomic mass is 10.3. The molecular weight excluding hydrogens is 180 g/mol. The number of halogens is 1. The van der Waals surface area contributed by atoms with Crippen LogP contribution in [-0.4, -0.2) is 41.7 Å². The molecule has 5 heteroatoms. The number of carbonyl (C=O) groups is 1. The monoisotopic (exact) mass is 194 g/mol. The summed E-state index contributed by atoms with van der Waals surface area (Å²) in [6.07, 6.45) is 2.12. The van der Waals surface area contributed by atoms with E-state index in [4.69, 9.17) is 10.8 Å². The highest BCUT2D eigenvalue weighted by atomic mass is 35.5. The fraction of sp³-hybridized carbons (Fsp3) is 0.857. The summed E-state index contributed by atoms with van der Waals surface area (Å²) in [6, 6.07) is -0.715. The number of amides is 1. The molecule has 72 valence electrons. The summed E-state index contributed by atoms with van der Waals surface area (Å²) in [5.74, 6) is -0.120. The van der Waals surface area contributed by atoms with E-state index in [2.05, 4.69) is 0 Å². The van der Waals surface area contributed by atoms with Gasteiger partial charge in [-0.25, -0.2) is 0 Å². The molecule has 1 saturated heterocycles. The van der Waals surface area contributed by atoms with Crippen molar-refractivity contribution < 1.29 is 9.90 Å². The Bertz CT molecular complexity index is 148. The van der Waals surface area contributed by atoms with E-state index >= 15 is 0 Å². The van der Waals surface area contributed by atoms with E-state index in [1.807, 2.05) is 0 Å². The summed E-state index contributed by atoms with van der Waals surface area (Å²) in [4.78, 5) is 12.9. The largest absolute Gasteiger partial charge is 0.394 e. The quantitative estimate of drug-likeness (QED) is 0.614. The van der Waals surface area contributed by atoms with E-state index in [1.165, 1.54) is 0 Å². The predicted octanol–water partition coefficient (Wildman–Crippen LogP) is -0.650. The molecule has 0 bridgehead atoms. The molecule has 0 aliphatic carbocycles. The van der Waals surface area contributed by atoms with Crippen molar-refractivity contribution in [2.45, 2.75) is 18.9 Å². The van der Waals surface area contributed by atoms with Gasteiger partial charge < -0.3 is 15.7 Å². The van der Waals surface area contributed by atoms with Gasteiger partial charge in [0.1, 0.15) is 6.04 Å². The highest BCUT2D eigenvalue weighted by Gasteiger charge is 2.22. The lowest BCUT2D eigenvalue weighted by Gasteiger charge is -2.18. The maximum absolute atomic E-state index is 11.2. The van der Waals surface area contributed by atoms with Crippen molar-refractivity contribution in [1.82, 2.24) is 4.90 Å². The Morgan fingerprint density at radius 2 is 2.00 bits per heavy atom. The second kappa shape index (κ2) is 5.35. The fourth-order valence-corrected chi connectivity index (χ4v) is 1.25. The summed E-state index contributed by atoms with van der Waals surface area (Å²) < 4.78 is 0. The number of carbonyl (C=O) groups excluding carboxylic acids is 1. The first-order chi connectivity index (χ1) is 5.25. The third-order valence-corrected chi connectivity index (χ3v) is 1.93. The van der Waals surface area contributed by atoms with Crippen LogP contribution in [0.25, 0.3) is 0 Å². The van der Waals surface area contributed by atoms with Crippen LogP contribution in [0.3, 0.4) is 0 Å². The second-order valence-corrected chi connectivity index (χ2v) is 2.82. The summed E-state index contributed by atoms with van der Waals surface area (Å²) in [6.45, 7) is 1.34. The van der Waals surface area contributed by atoms with Gasteiger partial charge in [0.25, 0.3) is 0 Å². The molecule has 0 unspecified atom stereocenters. The van der Waals surface area contributed by atoms with Crippen molar-refractivity contribution in [1.29, 1.82) is 0 Å². The molecule has 0 radical (unpaired) electrons. The minimum Gasteiger partial charge on any atom is -0.394 e. The molecule has 1 atom stereocenters. The topological polar surface area (TPSA) is 66.6 Å². The molecule has 0 aromatic heterocycles. The second-order valence-electron chi connectivity index (χ2n) is 2.82. The van der Waals surface area contributed by atoms with Gasteiger partial charge in [-0.05, 0) is 12.8 Å². The molecular formula is C7H15ClN2O2. The highest BCUT2D eigenvalue weighted by molar-refractivity contribution is 5.85. The van der Waals surface area contributed by atoms with Crippen molar-refractivity contribution in [3.63, 3.8) is 0 Å². The zero-order chi connectivity index (χ0) is 8.27. The molecule has 3 N–H and O–H groups in total. The first kappa shape index (κ1) is 11.7. The van der Waals surface area contributed by atoms with Crippen LogP contribution in [0, 0.1) is 0 Å². The third-order valence-electron chi connectivity index (χ3n) is 1.93. The van der Waals surface area contributed by atoms with Gasteiger partial charge >= 0.3 is 0 Å². The number of aliphatic hydroxyl groups excluding tert-OH is 1. The zero-order valence-corrected chi connectivity index (χ0v) is 7.72. The molecule has 0 spiro atoms. The average molecular weight is 195 g/mol. The van der Waals surface area contributed by atoms with Crippen LogP contribution in [0.5, 0.6) is 0 Å². The first-order valence-corrected chi connectivity index (χ1v) is 3.91. The molecule has 0 saturated carbocycles. The molecule has 1 amide bonds. The van der Waals surface area contributed by atoms with Crippen LogP contribution in [0.2, 0.25) is 0 Å². The van der Waals surface area contributed by atoms with E-state index in [0.29, 0.717) is 0 Å². The van der Waals surface area contributed by atoms with Crippen LogP contribution in [0.1, 0.15) is 12.8 Å². The van der Waals surface area contributed by atoms with Crippen LogP contribution >= 0.6 is 12.4 Å². The number of hydrogen-bond acceptors (Lipinski definition) is 3. The Balaban J connectivity index is 0.00000121. The Morgan fingerprint density at radius 1 is 1.50 bits per heavy atom. The summed E-state index contributed by atoms with van der Waals surface area (Å²) in [5, 5.41) is 8.59. The van der Waals surface area contributed by atoms with Crippen LogP contribution < -0.4 is 5.73 Å². The zero-order valence-electron chi connectivity index (χ0n) is 6.90. The third kappa shape index (κ3) is 2.62. The lowest BCUT2D eigenvalue weighted by molar-refractivity contribution is -0.132. The number of likely N-dealkylation sites (tertiary alicyclic amines) is 1. The van der Waals surface area contributed by atoms with Crippen LogP contribution in [0.4, 0.5) is 0 Å². The van der Waals surface area contributed by atoms with E-state index < -0.39 is 6.04 Å². The summed E-state index contributed by atoms with van der Waals surface area (Å²) >= 11 is 0. The molecule has 4 nitrogen and oxygen atoms in total. The van der Waals surface area contributed by atoms with Gasteiger partial charge in [-0.2, -0.15) is 0 Å². The summed E-state index contributed by atoms with van der Waals surface area (Å²) in [7, 11) is 0. The molecule has 1 heterocycles. The lowest BCUT2D eigenvalue weighted by Crippen LogP contribution is -2.44. The van der Waals surface area contributed by atoms with Gasteiger partial charge in [-0.1, -0.05) is 0 Å². The Kier molecular flexibility index (Phi) is 5.20. The minimum absolute atomic E-state index is 0. The van der Waals surface area contributed by atoms with Crippen molar-refractivity contribution in [3.05, 3.63) is 0 Å². The molecule has 12 heavy (non-hydrogen) atoms. The van der Waals surface area contributed by atoms with Gasteiger partial charge in [-0.3, -0.25) is 4.79 Å². The van der Waals surface area contributed by atoms with Gasteiger partial charge in [0.15, 0.2) is 0 Å². The van der Waals surface area contributed by atoms with E-state index in [0.717, 1.165) is 25.9 Å². The van der Waals surface area contributed by atoms with E-state index in [9.17, 15) is 4.79 Å². The molecule has 0 aromatic rings. The predicted molar refractivity (Wildman–Crippen MR) is 48.1 cm³/mol. The highest BCUT2D eigenvalue weighted by Crippen LogP contribution is 2.07. The van der Waals surface area contributed by atoms with Gasteiger partial charge in [0.2, 0.25) is 5.91 Å². The Hall–Kier alpha value is -0.320. The van der Waals surface area contributed by atoms with Gasteiger partial charge in [0.05, 0.1) is 6.61 Å². The van der Waals surface area contributed by atoms with Crippen LogP contribution in [0.15, 0.2) is 0 Å². The molecule has 1 aliphatic heterocycles. The number of nitrogens with two attached hydrogens (primary N) is 1. The first-order valence-electron chi connectivity index (χ1n) is 3.91. The van der Waals surface area contributed by atoms with E-state index in [-0.39, 0.29) is 24.9 Å². The van der Waals surface area contributed by atoms with Gasteiger partial charge in [0, 0.05) is 13.1 Å².